The van der Waals surface area contributed by atoms with Gasteiger partial charge in [-0.15, -0.1) is 11.8 Å². The van der Waals surface area contributed by atoms with Gasteiger partial charge in [-0.05, 0) is 96.3 Å². The molecule has 0 aliphatic carbocycles. The molecule has 6 nitrogen and oxygen atoms in total. The SMILES string of the molecule is CSc1cc(C(=O)N[C@@H](c2cc3ccccc3[nH]2)c2cc(F)ccc2O)cc(-c2ccc(N3CCC(N)CC3)cc2)c1. The third kappa shape index (κ3) is 5.86. The number of thioether (sulfide) groups is 1. The highest BCUT2D eigenvalue weighted by atomic mass is 32.2. The number of nitrogens with zero attached hydrogens (tertiary/aromatic N) is 1. The van der Waals surface area contributed by atoms with Crippen LogP contribution in [-0.2, 0) is 0 Å². The number of hydrogen-bond acceptors (Lipinski definition) is 5. The predicted molar refractivity (Wildman–Crippen MR) is 169 cm³/mol. The number of nitrogens with two attached hydrogens (primary N) is 1. The van der Waals surface area contributed by atoms with Crippen LogP contribution in [0.1, 0.15) is 40.5 Å². The maximum Gasteiger partial charge on any atom is 0.252 e. The van der Waals surface area contributed by atoms with Gasteiger partial charge < -0.3 is 26.0 Å². The molecule has 5 aromatic rings. The lowest BCUT2D eigenvalue weighted by molar-refractivity contribution is 0.0942. The van der Waals surface area contributed by atoms with Gasteiger partial charge in [-0.25, -0.2) is 4.39 Å². The van der Waals surface area contributed by atoms with Crippen LogP contribution < -0.4 is 16.0 Å². The van der Waals surface area contributed by atoms with Crippen molar-refractivity contribution >= 4 is 34.3 Å². The summed E-state index contributed by atoms with van der Waals surface area (Å²) in [6.45, 7) is 1.90. The molecule has 4 aromatic carbocycles. The number of anilines is 1. The molecule has 2 heterocycles. The number of aromatic amines is 1. The van der Waals surface area contributed by atoms with Gasteiger partial charge in [0.1, 0.15) is 11.6 Å². The summed E-state index contributed by atoms with van der Waals surface area (Å²) in [7, 11) is 0. The van der Waals surface area contributed by atoms with Gasteiger partial charge in [0.05, 0.1) is 6.04 Å². The average Bonchev–Trinajstić information content (AvgIpc) is 3.45. The van der Waals surface area contributed by atoms with Crippen LogP contribution >= 0.6 is 11.8 Å². The molecule has 6 rings (SSSR count). The number of benzene rings is 4. The molecule has 1 aliphatic rings. The third-order valence-corrected chi connectivity index (χ3v) is 8.65. The lowest BCUT2D eigenvalue weighted by Crippen LogP contribution is -2.39. The van der Waals surface area contributed by atoms with Gasteiger partial charge in [0.2, 0.25) is 0 Å². The summed E-state index contributed by atoms with van der Waals surface area (Å²) < 4.78 is 14.3. The second-order valence-electron chi connectivity index (χ2n) is 10.7. The lowest BCUT2D eigenvalue weighted by atomic mass is 9.99. The van der Waals surface area contributed by atoms with E-state index in [1.807, 2.05) is 48.7 Å². The summed E-state index contributed by atoms with van der Waals surface area (Å²) in [5.74, 6) is -0.934. The van der Waals surface area contributed by atoms with E-state index in [1.165, 1.54) is 23.9 Å². The number of phenols is 1. The van der Waals surface area contributed by atoms with Crippen LogP contribution in [0.2, 0.25) is 0 Å². The zero-order valence-electron chi connectivity index (χ0n) is 23.3. The number of halogens is 1. The minimum Gasteiger partial charge on any atom is -0.508 e. The van der Waals surface area contributed by atoms with Crippen molar-refractivity contribution in [2.24, 2.45) is 5.73 Å². The number of H-pyrrole nitrogens is 1. The van der Waals surface area contributed by atoms with Gasteiger partial charge in [-0.2, -0.15) is 0 Å². The van der Waals surface area contributed by atoms with Gasteiger partial charge in [-0.1, -0.05) is 30.3 Å². The molecule has 0 radical (unpaired) electrons. The van der Waals surface area contributed by atoms with Crippen LogP contribution in [0.15, 0.2) is 95.9 Å². The largest absolute Gasteiger partial charge is 0.508 e. The first kappa shape index (κ1) is 27.9. The van der Waals surface area contributed by atoms with Gasteiger partial charge in [0.15, 0.2) is 0 Å². The zero-order valence-corrected chi connectivity index (χ0v) is 24.1. The monoisotopic (exact) mass is 580 g/mol. The minimum absolute atomic E-state index is 0.102. The summed E-state index contributed by atoms with van der Waals surface area (Å²) >= 11 is 1.56. The van der Waals surface area contributed by atoms with Gasteiger partial charge in [0, 0.05) is 52.1 Å². The fraction of sp³-hybridized carbons (Fsp3) is 0.206. The third-order valence-electron chi connectivity index (χ3n) is 7.95. The molecule has 1 fully saturated rings. The number of hydrogen-bond donors (Lipinski definition) is 4. The molecule has 42 heavy (non-hydrogen) atoms. The Labute approximate surface area is 248 Å². The van der Waals surface area contributed by atoms with Crippen molar-refractivity contribution in [2.75, 3.05) is 24.2 Å². The molecule has 1 atom stereocenters. The molecular formula is C34H33FN4O2S. The quantitative estimate of drug-likeness (QED) is 0.158. The molecule has 0 saturated carbocycles. The number of rotatable bonds is 7. The molecule has 1 saturated heterocycles. The second kappa shape index (κ2) is 11.9. The number of carbonyl (C=O) groups excluding carboxylic acids is 1. The number of amides is 1. The smallest absolute Gasteiger partial charge is 0.252 e. The number of carbonyl (C=O) groups is 1. The van der Waals surface area contributed by atoms with Crippen molar-refractivity contribution in [3.8, 4) is 16.9 Å². The zero-order chi connectivity index (χ0) is 29.2. The average molecular weight is 581 g/mol. The number of phenolic OH excluding ortho intramolecular Hbond substituents is 1. The van der Waals surface area contributed by atoms with E-state index in [9.17, 15) is 14.3 Å². The summed E-state index contributed by atoms with van der Waals surface area (Å²) in [5, 5.41) is 14.7. The van der Waals surface area contributed by atoms with Crippen molar-refractivity contribution in [2.45, 2.75) is 29.8 Å². The van der Waals surface area contributed by atoms with Crippen LogP contribution in [0.5, 0.6) is 5.75 Å². The molecule has 0 unspecified atom stereocenters. The number of para-hydroxylation sites is 1. The van der Waals surface area contributed by atoms with E-state index in [2.05, 4.69) is 45.5 Å². The Morgan fingerprint density at radius 1 is 1.00 bits per heavy atom. The fourth-order valence-corrected chi connectivity index (χ4v) is 6.07. The Morgan fingerprint density at radius 3 is 2.50 bits per heavy atom. The molecule has 0 spiro atoms. The second-order valence-corrected chi connectivity index (χ2v) is 11.6. The Hall–Kier alpha value is -4.27. The van der Waals surface area contributed by atoms with E-state index in [-0.39, 0.29) is 23.3 Å². The van der Waals surface area contributed by atoms with Crippen molar-refractivity contribution in [3.63, 3.8) is 0 Å². The molecule has 5 N–H and O–H groups in total. The van der Waals surface area contributed by atoms with Crippen LogP contribution in [0, 0.1) is 5.82 Å². The normalized spacial score (nSPS) is 14.7. The van der Waals surface area contributed by atoms with Crippen LogP contribution in [0.4, 0.5) is 10.1 Å². The minimum atomic E-state index is -0.807. The maximum atomic E-state index is 14.3. The molecule has 1 aliphatic heterocycles. The number of aromatic nitrogens is 1. The number of fused-ring (bicyclic) bond motifs is 1. The number of piperidine rings is 1. The first-order chi connectivity index (χ1) is 20.4. The van der Waals surface area contributed by atoms with Crippen LogP contribution in [-0.4, -0.2) is 41.4 Å². The van der Waals surface area contributed by atoms with Crippen molar-refractivity contribution in [3.05, 3.63) is 114 Å². The van der Waals surface area contributed by atoms with E-state index in [4.69, 9.17) is 5.73 Å². The highest BCUT2D eigenvalue weighted by Gasteiger charge is 2.24. The first-order valence-corrected chi connectivity index (χ1v) is 15.3. The molecule has 0 bridgehead atoms. The van der Waals surface area contributed by atoms with Crippen molar-refractivity contribution < 1.29 is 14.3 Å². The number of nitrogens with one attached hydrogen (secondary N) is 2. The summed E-state index contributed by atoms with van der Waals surface area (Å²) in [4.78, 5) is 20.5. The van der Waals surface area contributed by atoms with E-state index in [0.717, 1.165) is 52.9 Å². The highest BCUT2D eigenvalue weighted by molar-refractivity contribution is 7.98. The Balaban J connectivity index is 1.32. The molecular weight excluding hydrogens is 547 g/mol. The Morgan fingerprint density at radius 2 is 1.76 bits per heavy atom. The lowest BCUT2D eigenvalue weighted by Gasteiger charge is -2.32. The van der Waals surface area contributed by atoms with E-state index in [0.29, 0.717) is 11.3 Å². The highest BCUT2D eigenvalue weighted by Crippen LogP contribution is 2.33. The van der Waals surface area contributed by atoms with Crippen LogP contribution in [0.25, 0.3) is 22.0 Å². The Bertz CT molecular complexity index is 1690. The first-order valence-electron chi connectivity index (χ1n) is 14.0. The summed E-state index contributed by atoms with van der Waals surface area (Å²) in [5.41, 5.74) is 11.4. The van der Waals surface area contributed by atoms with Gasteiger partial charge in [-0.3, -0.25) is 4.79 Å². The standard InChI is InChI=1S/C34H33FN4O2S/c1-42-28-17-23(21-6-9-27(10-7-21)39-14-12-26(36)13-15-39)16-24(18-28)34(41)38-33(29-20-25(35)8-11-32(29)40)31-19-22-4-2-3-5-30(22)37-31/h2-11,16-20,26,33,37,40H,12-15,36H2,1H3,(H,38,41)/t33-/m1/s1. The summed E-state index contributed by atoms with van der Waals surface area (Å²) in [6.07, 6.45) is 3.95. The van der Waals surface area contributed by atoms with Gasteiger partial charge in [0.25, 0.3) is 5.91 Å². The van der Waals surface area contributed by atoms with E-state index < -0.39 is 11.9 Å². The fourth-order valence-electron chi connectivity index (χ4n) is 5.58. The molecule has 1 aromatic heterocycles. The topological polar surface area (TPSA) is 94.4 Å². The van der Waals surface area contributed by atoms with Crippen molar-refractivity contribution in [1.82, 2.24) is 10.3 Å². The molecule has 214 valence electrons. The molecule has 8 heteroatoms. The van der Waals surface area contributed by atoms with Crippen molar-refractivity contribution in [1.29, 1.82) is 0 Å². The van der Waals surface area contributed by atoms with Gasteiger partial charge >= 0.3 is 0 Å². The van der Waals surface area contributed by atoms with E-state index in [1.54, 1.807) is 11.8 Å². The predicted octanol–water partition coefficient (Wildman–Crippen LogP) is 6.85. The Kier molecular flexibility index (Phi) is 7.91. The number of aromatic hydroxyl groups is 1. The maximum absolute atomic E-state index is 14.3. The molecule has 1 amide bonds. The summed E-state index contributed by atoms with van der Waals surface area (Å²) in [6, 6.07) is 27.1. The van der Waals surface area contributed by atoms with Crippen LogP contribution in [0.3, 0.4) is 0 Å². The van der Waals surface area contributed by atoms with E-state index >= 15 is 0 Å².